The van der Waals surface area contributed by atoms with Gasteiger partial charge in [0.15, 0.2) is 0 Å². The van der Waals surface area contributed by atoms with Crippen molar-refractivity contribution in [3.63, 3.8) is 0 Å². The molecule has 0 saturated carbocycles. The van der Waals surface area contributed by atoms with Crippen molar-refractivity contribution in [2.75, 3.05) is 6.54 Å². The van der Waals surface area contributed by atoms with Crippen LogP contribution in [0.25, 0.3) is 0 Å². The fourth-order valence-corrected chi connectivity index (χ4v) is 2.94. The molecular formula is C15H28BrN3. The molecule has 0 amide bonds. The zero-order valence-electron chi connectivity index (χ0n) is 13.2. The van der Waals surface area contributed by atoms with Gasteiger partial charge in [0.2, 0.25) is 0 Å². The van der Waals surface area contributed by atoms with Gasteiger partial charge in [-0.15, -0.1) is 0 Å². The maximum absolute atomic E-state index is 4.59. The molecule has 4 heteroatoms. The van der Waals surface area contributed by atoms with Gasteiger partial charge in [0.25, 0.3) is 0 Å². The van der Waals surface area contributed by atoms with Crippen LogP contribution < -0.4 is 5.32 Å². The van der Waals surface area contributed by atoms with Crippen LogP contribution >= 0.6 is 15.9 Å². The third kappa shape index (κ3) is 4.32. The molecule has 110 valence electrons. The van der Waals surface area contributed by atoms with Crippen LogP contribution in [0.2, 0.25) is 0 Å². The van der Waals surface area contributed by atoms with Gasteiger partial charge in [0, 0.05) is 19.6 Å². The van der Waals surface area contributed by atoms with Crippen LogP contribution in [-0.4, -0.2) is 22.4 Å². The number of aryl methyl sites for hydroxylation is 2. The first-order valence-electron chi connectivity index (χ1n) is 7.26. The zero-order chi connectivity index (χ0) is 14.6. The topological polar surface area (TPSA) is 29.9 Å². The van der Waals surface area contributed by atoms with E-state index in [1.54, 1.807) is 0 Å². The van der Waals surface area contributed by atoms with Crippen LogP contribution in [0.15, 0.2) is 4.47 Å². The lowest BCUT2D eigenvalue weighted by atomic mass is 9.82. The highest BCUT2D eigenvalue weighted by molar-refractivity contribution is 9.10. The minimum Gasteiger partial charge on any atom is -0.314 e. The monoisotopic (exact) mass is 329 g/mol. The second-order valence-electron chi connectivity index (χ2n) is 6.06. The fraction of sp³-hybridized carbons (Fsp3) is 0.800. The molecule has 0 bridgehead atoms. The van der Waals surface area contributed by atoms with Crippen molar-refractivity contribution < 1.29 is 0 Å². The first kappa shape index (κ1) is 16.7. The molecule has 0 spiro atoms. The Kier molecular flexibility index (Phi) is 6.06. The van der Waals surface area contributed by atoms with Gasteiger partial charge < -0.3 is 5.32 Å². The molecule has 1 N–H and O–H groups in total. The molecule has 1 rings (SSSR count). The number of rotatable bonds is 7. The van der Waals surface area contributed by atoms with E-state index in [4.69, 9.17) is 0 Å². The van der Waals surface area contributed by atoms with Gasteiger partial charge in [-0.25, -0.2) is 0 Å². The smallest absolute Gasteiger partial charge is 0.0766 e. The lowest BCUT2D eigenvalue weighted by Crippen LogP contribution is -2.37. The van der Waals surface area contributed by atoms with Gasteiger partial charge in [-0.2, -0.15) is 5.10 Å². The Hall–Kier alpha value is -0.350. The summed E-state index contributed by atoms with van der Waals surface area (Å²) in [4.78, 5) is 0. The van der Waals surface area contributed by atoms with Crippen LogP contribution in [0.4, 0.5) is 0 Å². The lowest BCUT2D eigenvalue weighted by Gasteiger charge is -2.30. The largest absolute Gasteiger partial charge is 0.314 e. The molecule has 0 fully saturated rings. The number of hydrogen-bond donors (Lipinski definition) is 1. The summed E-state index contributed by atoms with van der Waals surface area (Å²) in [5, 5.41) is 8.16. The highest BCUT2D eigenvalue weighted by Gasteiger charge is 2.26. The van der Waals surface area contributed by atoms with E-state index in [-0.39, 0.29) is 5.41 Å². The summed E-state index contributed by atoms with van der Waals surface area (Å²) in [6.45, 7) is 12.2. The quantitative estimate of drug-likeness (QED) is 0.826. The molecule has 1 aromatic rings. The Bertz CT molecular complexity index is 412. The van der Waals surface area contributed by atoms with Crippen molar-refractivity contribution in [1.29, 1.82) is 0 Å². The summed E-state index contributed by atoms with van der Waals surface area (Å²) in [6, 6.07) is 0.534. The summed E-state index contributed by atoms with van der Waals surface area (Å²) in [5.41, 5.74) is 2.74. The molecule has 3 nitrogen and oxygen atoms in total. The maximum atomic E-state index is 4.59. The summed E-state index contributed by atoms with van der Waals surface area (Å²) in [5.74, 6) is 0. The van der Waals surface area contributed by atoms with E-state index in [9.17, 15) is 0 Å². The van der Waals surface area contributed by atoms with Crippen molar-refractivity contribution >= 4 is 15.9 Å². The normalized spacial score (nSPS) is 14.9. The molecule has 19 heavy (non-hydrogen) atoms. The van der Waals surface area contributed by atoms with Crippen molar-refractivity contribution in [2.24, 2.45) is 12.5 Å². The minimum atomic E-state index is 0.269. The molecule has 0 aromatic carbocycles. The number of halogens is 1. The molecule has 1 aromatic heterocycles. The van der Waals surface area contributed by atoms with E-state index in [0.29, 0.717) is 6.04 Å². The van der Waals surface area contributed by atoms with Crippen LogP contribution in [0.1, 0.15) is 52.4 Å². The van der Waals surface area contributed by atoms with Gasteiger partial charge in [0.1, 0.15) is 0 Å². The Morgan fingerprint density at radius 3 is 2.42 bits per heavy atom. The van der Waals surface area contributed by atoms with Gasteiger partial charge in [-0.3, -0.25) is 4.68 Å². The molecule has 0 radical (unpaired) electrons. The molecule has 0 aliphatic rings. The standard InChI is InChI=1S/C15H28BrN3/c1-7-12-14(16)13(19(6)18-12)9-15(5,8-2)10-17-11(3)4/h11,17H,7-10H2,1-6H3. The van der Waals surface area contributed by atoms with Crippen LogP contribution in [0.5, 0.6) is 0 Å². The second kappa shape index (κ2) is 6.89. The molecule has 0 aliphatic carbocycles. The van der Waals surface area contributed by atoms with E-state index in [2.05, 4.69) is 61.0 Å². The summed E-state index contributed by atoms with van der Waals surface area (Å²) in [7, 11) is 2.05. The van der Waals surface area contributed by atoms with Crippen molar-refractivity contribution in [2.45, 2.75) is 59.9 Å². The number of aromatic nitrogens is 2. The third-order valence-electron chi connectivity index (χ3n) is 3.89. The Balaban J connectivity index is 2.88. The van der Waals surface area contributed by atoms with Gasteiger partial charge in [0.05, 0.1) is 15.9 Å². The van der Waals surface area contributed by atoms with Gasteiger partial charge >= 0.3 is 0 Å². The minimum absolute atomic E-state index is 0.269. The number of nitrogens with one attached hydrogen (secondary N) is 1. The molecule has 1 atom stereocenters. The average molecular weight is 330 g/mol. The molecule has 1 unspecified atom stereocenters. The Labute approximate surface area is 126 Å². The van der Waals surface area contributed by atoms with Crippen molar-refractivity contribution in [3.8, 4) is 0 Å². The van der Waals surface area contributed by atoms with Crippen molar-refractivity contribution in [1.82, 2.24) is 15.1 Å². The van der Waals surface area contributed by atoms with Gasteiger partial charge in [-0.05, 0) is 40.6 Å². The summed E-state index contributed by atoms with van der Waals surface area (Å²) >= 11 is 3.72. The van der Waals surface area contributed by atoms with E-state index in [0.717, 1.165) is 31.5 Å². The van der Waals surface area contributed by atoms with Gasteiger partial charge in [-0.1, -0.05) is 34.6 Å². The van der Waals surface area contributed by atoms with E-state index in [1.165, 1.54) is 10.2 Å². The number of hydrogen-bond acceptors (Lipinski definition) is 2. The first-order valence-corrected chi connectivity index (χ1v) is 8.06. The van der Waals surface area contributed by atoms with Crippen LogP contribution in [0.3, 0.4) is 0 Å². The molecular weight excluding hydrogens is 302 g/mol. The Morgan fingerprint density at radius 2 is 2.00 bits per heavy atom. The Morgan fingerprint density at radius 1 is 1.37 bits per heavy atom. The highest BCUT2D eigenvalue weighted by atomic mass is 79.9. The van der Waals surface area contributed by atoms with Crippen LogP contribution in [-0.2, 0) is 19.9 Å². The van der Waals surface area contributed by atoms with E-state index in [1.807, 2.05) is 11.7 Å². The summed E-state index contributed by atoms with van der Waals surface area (Å²) in [6.07, 6.45) is 3.18. The predicted molar refractivity (Wildman–Crippen MR) is 85.5 cm³/mol. The van der Waals surface area contributed by atoms with E-state index >= 15 is 0 Å². The molecule has 0 saturated heterocycles. The first-order chi connectivity index (χ1) is 8.83. The average Bonchev–Trinajstić information content (AvgIpc) is 2.63. The third-order valence-corrected chi connectivity index (χ3v) is 4.80. The zero-order valence-corrected chi connectivity index (χ0v) is 14.8. The molecule has 0 aliphatic heterocycles. The SMILES string of the molecule is CCc1nn(C)c(CC(C)(CC)CNC(C)C)c1Br. The molecule has 1 heterocycles. The summed E-state index contributed by atoms with van der Waals surface area (Å²) < 4.78 is 3.23. The number of nitrogens with zero attached hydrogens (tertiary/aromatic N) is 2. The van der Waals surface area contributed by atoms with Crippen LogP contribution in [0, 0.1) is 5.41 Å². The lowest BCUT2D eigenvalue weighted by molar-refractivity contribution is 0.275. The van der Waals surface area contributed by atoms with E-state index < -0.39 is 0 Å². The predicted octanol–water partition coefficient (Wildman–Crippen LogP) is 3.70. The second-order valence-corrected chi connectivity index (χ2v) is 6.85. The maximum Gasteiger partial charge on any atom is 0.0766 e. The van der Waals surface area contributed by atoms with Crippen molar-refractivity contribution in [3.05, 3.63) is 15.9 Å². The highest BCUT2D eigenvalue weighted by Crippen LogP contribution is 2.31. The fourth-order valence-electron chi connectivity index (χ4n) is 2.18.